The Kier molecular flexibility index (Phi) is 4.27. The third-order valence-corrected chi connectivity index (χ3v) is 4.23. The lowest BCUT2D eigenvalue weighted by Crippen LogP contribution is -2.07. The van der Waals surface area contributed by atoms with E-state index in [1.807, 2.05) is 30.3 Å². The fourth-order valence-electron chi connectivity index (χ4n) is 2.71. The minimum Gasteiger partial charge on any atom is -0.252 e. The van der Waals surface area contributed by atoms with Crippen LogP contribution >= 0.6 is 11.6 Å². The monoisotopic (exact) mass is 389 g/mol. The average molecular weight is 390 g/mol. The first kappa shape index (κ1) is 17.4. The lowest BCUT2D eigenvalue weighted by Gasteiger charge is -2.11. The molecule has 0 fully saturated rings. The Morgan fingerprint density at radius 3 is 2.52 bits per heavy atom. The Hall–Kier alpha value is -3.00. The third kappa shape index (κ3) is 3.48. The fourth-order valence-corrected chi connectivity index (χ4v) is 2.97. The molecule has 3 heterocycles. The van der Waals surface area contributed by atoms with E-state index in [-0.39, 0.29) is 10.7 Å². The van der Waals surface area contributed by atoms with Crippen molar-refractivity contribution < 1.29 is 13.2 Å². The molecular weight excluding hydrogens is 379 g/mol. The van der Waals surface area contributed by atoms with E-state index in [0.717, 1.165) is 17.8 Å². The van der Waals surface area contributed by atoms with Crippen molar-refractivity contribution in [3.63, 3.8) is 0 Å². The molecule has 9 heteroatoms. The van der Waals surface area contributed by atoms with Crippen LogP contribution in [0.25, 0.3) is 17.2 Å². The van der Waals surface area contributed by atoms with Crippen molar-refractivity contribution in [3.8, 4) is 11.4 Å². The van der Waals surface area contributed by atoms with Gasteiger partial charge >= 0.3 is 6.18 Å². The van der Waals surface area contributed by atoms with Crippen LogP contribution in [0.5, 0.6) is 0 Å². The van der Waals surface area contributed by atoms with Crippen molar-refractivity contribution in [2.75, 3.05) is 0 Å². The van der Waals surface area contributed by atoms with Crippen LogP contribution in [-0.4, -0.2) is 24.6 Å². The molecule has 27 heavy (non-hydrogen) atoms. The van der Waals surface area contributed by atoms with E-state index < -0.39 is 11.7 Å². The van der Waals surface area contributed by atoms with Crippen molar-refractivity contribution in [2.45, 2.75) is 12.6 Å². The molecule has 0 spiro atoms. The second-order valence-electron chi connectivity index (χ2n) is 5.82. The van der Waals surface area contributed by atoms with Gasteiger partial charge in [0.1, 0.15) is 12.0 Å². The maximum atomic E-state index is 12.9. The van der Waals surface area contributed by atoms with Gasteiger partial charge in [-0.1, -0.05) is 41.9 Å². The number of pyridine rings is 1. The highest BCUT2D eigenvalue weighted by Gasteiger charge is 2.32. The van der Waals surface area contributed by atoms with Gasteiger partial charge in [-0.05, 0) is 17.7 Å². The second-order valence-corrected chi connectivity index (χ2v) is 6.23. The third-order valence-electron chi connectivity index (χ3n) is 3.94. The summed E-state index contributed by atoms with van der Waals surface area (Å²) in [6, 6.07) is 12.2. The summed E-state index contributed by atoms with van der Waals surface area (Å²) in [4.78, 5) is 12.4. The maximum absolute atomic E-state index is 12.9. The van der Waals surface area contributed by atoms with E-state index in [1.165, 1.54) is 10.8 Å². The van der Waals surface area contributed by atoms with Crippen LogP contribution in [0.4, 0.5) is 13.2 Å². The van der Waals surface area contributed by atoms with E-state index in [9.17, 15) is 13.2 Å². The highest BCUT2D eigenvalue weighted by Crippen LogP contribution is 2.34. The second kappa shape index (κ2) is 6.62. The van der Waals surface area contributed by atoms with Crippen LogP contribution in [0, 0.1) is 0 Å². The van der Waals surface area contributed by atoms with Crippen LogP contribution in [-0.2, 0) is 12.6 Å². The summed E-state index contributed by atoms with van der Waals surface area (Å²) in [6.45, 7) is 0. The topological polar surface area (TPSA) is 56.0 Å². The number of benzene rings is 1. The van der Waals surface area contributed by atoms with Crippen molar-refractivity contribution in [1.82, 2.24) is 24.6 Å². The standard InChI is InChI=1S/C18H11ClF3N5/c19-14-7-12(18(20,21)22)9-23-16(14)15-8-13(6-11-4-2-1-3-5-11)26-17-24-10-25-27(15)17/h1-5,7-10H,6H2. The molecule has 136 valence electrons. The number of fused-ring (bicyclic) bond motifs is 1. The summed E-state index contributed by atoms with van der Waals surface area (Å²) in [5.74, 6) is 0.316. The molecule has 1 aromatic carbocycles. The van der Waals surface area contributed by atoms with E-state index in [2.05, 4.69) is 20.1 Å². The lowest BCUT2D eigenvalue weighted by molar-refractivity contribution is -0.137. The Balaban J connectivity index is 1.83. The molecular formula is C18H11ClF3N5. The van der Waals surface area contributed by atoms with Gasteiger partial charge < -0.3 is 0 Å². The zero-order valence-electron chi connectivity index (χ0n) is 13.7. The first-order valence-corrected chi connectivity index (χ1v) is 8.26. The van der Waals surface area contributed by atoms with Crippen molar-refractivity contribution >= 4 is 17.4 Å². The van der Waals surface area contributed by atoms with Crippen molar-refractivity contribution in [2.24, 2.45) is 0 Å². The highest BCUT2D eigenvalue weighted by atomic mass is 35.5. The maximum Gasteiger partial charge on any atom is 0.417 e. The van der Waals surface area contributed by atoms with Gasteiger partial charge in [0.25, 0.3) is 5.78 Å². The quantitative estimate of drug-likeness (QED) is 0.519. The number of halogens is 4. The van der Waals surface area contributed by atoms with Gasteiger partial charge in [-0.2, -0.15) is 27.8 Å². The summed E-state index contributed by atoms with van der Waals surface area (Å²) in [5.41, 5.74) is 1.39. The molecule has 0 saturated carbocycles. The Morgan fingerprint density at radius 1 is 1.04 bits per heavy atom. The lowest BCUT2D eigenvalue weighted by atomic mass is 10.1. The zero-order valence-corrected chi connectivity index (χ0v) is 14.4. The molecule has 0 amide bonds. The predicted octanol–water partition coefficient (Wildman–Crippen LogP) is 4.45. The Bertz CT molecular complexity index is 1110. The largest absolute Gasteiger partial charge is 0.417 e. The molecule has 0 N–H and O–H groups in total. The van der Waals surface area contributed by atoms with Crippen molar-refractivity contribution in [3.05, 3.63) is 76.8 Å². The summed E-state index contributed by atoms with van der Waals surface area (Å²) in [7, 11) is 0. The minimum atomic E-state index is -4.52. The van der Waals surface area contributed by atoms with Gasteiger partial charge in [0, 0.05) is 12.6 Å². The number of aromatic nitrogens is 5. The first-order chi connectivity index (χ1) is 12.9. The summed E-state index contributed by atoms with van der Waals surface area (Å²) < 4.78 is 40.0. The molecule has 0 radical (unpaired) electrons. The molecule has 4 aromatic rings. The van der Waals surface area contributed by atoms with Gasteiger partial charge in [0.2, 0.25) is 0 Å². The number of nitrogens with zero attached hydrogens (tertiary/aromatic N) is 5. The smallest absolute Gasteiger partial charge is 0.252 e. The van der Waals surface area contributed by atoms with Crippen LogP contribution in [0.2, 0.25) is 5.02 Å². The van der Waals surface area contributed by atoms with Gasteiger partial charge in [-0.25, -0.2) is 4.98 Å². The highest BCUT2D eigenvalue weighted by molar-refractivity contribution is 6.33. The molecule has 0 atom stereocenters. The summed E-state index contributed by atoms with van der Waals surface area (Å²) >= 11 is 6.11. The molecule has 3 aromatic heterocycles. The van der Waals surface area contributed by atoms with E-state index in [1.54, 1.807) is 6.07 Å². The number of alkyl halides is 3. The van der Waals surface area contributed by atoms with Crippen molar-refractivity contribution in [1.29, 1.82) is 0 Å². The van der Waals surface area contributed by atoms with E-state index in [0.29, 0.717) is 23.6 Å². The fraction of sp³-hybridized carbons (Fsp3) is 0.111. The van der Waals surface area contributed by atoms with Crippen LogP contribution in [0.15, 0.2) is 55.0 Å². The van der Waals surface area contributed by atoms with Gasteiger partial charge in [0.15, 0.2) is 0 Å². The molecule has 0 aliphatic heterocycles. The number of hydrogen-bond donors (Lipinski definition) is 0. The van der Waals surface area contributed by atoms with E-state index >= 15 is 0 Å². The first-order valence-electron chi connectivity index (χ1n) is 7.88. The molecule has 0 bridgehead atoms. The van der Waals surface area contributed by atoms with Crippen LogP contribution in [0.3, 0.4) is 0 Å². The molecule has 0 saturated heterocycles. The van der Waals surface area contributed by atoms with Crippen LogP contribution in [0.1, 0.15) is 16.8 Å². The van der Waals surface area contributed by atoms with Crippen LogP contribution < -0.4 is 0 Å². The minimum absolute atomic E-state index is 0.126. The Morgan fingerprint density at radius 2 is 1.81 bits per heavy atom. The summed E-state index contributed by atoms with van der Waals surface area (Å²) in [5, 5.41) is 3.95. The van der Waals surface area contributed by atoms with Gasteiger partial charge in [-0.15, -0.1) is 0 Å². The van der Waals surface area contributed by atoms with E-state index in [4.69, 9.17) is 11.6 Å². The zero-order chi connectivity index (χ0) is 19.0. The number of hydrogen-bond acceptors (Lipinski definition) is 4. The molecule has 0 aliphatic carbocycles. The SMILES string of the molecule is FC(F)(F)c1cnc(-c2cc(Cc3ccccc3)nc3ncnn23)c(Cl)c1. The Labute approximate surface area is 156 Å². The molecule has 5 nitrogen and oxygen atoms in total. The predicted molar refractivity (Wildman–Crippen MR) is 93.3 cm³/mol. The molecule has 0 unspecified atom stereocenters. The molecule has 0 aliphatic rings. The molecule has 4 rings (SSSR count). The average Bonchev–Trinajstić information content (AvgIpc) is 3.10. The van der Waals surface area contributed by atoms with Gasteiger partial charge in [-0.3, -0.25) is 4.98 Å². The number of rotatable bonds is 3. The van der Waals surface area contributed by atoms with Gasteiger partial charge in [0.05, 0.1) is 22.0 Å². The normalized spacial score (nSPS) is 11.9. The summed E-state index contributed by atoms with van der Waals surface area (Å²) in [6.07, 6.45) is -1.93.